The van der Waals surface area contributed by atoms with E-state index in [4.69, 9.17) is 16.7 Å². The van der Waals surface area contributed by atoms with Gasteiger partial charge in [0.25, 0.3) is 0 Å². The van der Waals surface area contributed by atoms with E-state index < -0.39 is 5.97 Å². The van der Waals surface area contributed by atoms with Crippen LogP contribution in [0, 0.1) is 0 Å². The topological polar surface area (TPSA) is 66.4 Å². The number of aromatic carboxylic acids is 1. The van der Waals surface area contributed by atoms with Crippen molar-refractivity contribution in [3.05, 3.63) is 64.7 Å². The van der Waals surface area contributed by atoms with E-state index in [2.05, 4.69) is 5.32 Å². The van der Waals surface area contributed by atoms with Gasteiger partial charge in [-0.3, -0.25) is 4.79 Å². The van der Waals surface area contributed by atoms with Gasteiger partial charge >= 0.3 is 5.97 Å². The lowest BCUT2D eigenvalue weighted by molar-refractivity contribution is -0.115. The number of carbonyl (C=O) groups excluding carboxylic acids is 1. The number of amides is 1. The maximum atomic E-state index is 12.2. The molecule has 0 aliphatic carbocycles. The van der Waals surface area contributed by atoms with Crippen LogP contribution in [0.1, 0.15) is 22.8 Å². The molecule has 0 radical (unpaired) electrons. The molecule has 0 saturated carbocycles. The fraction of sp³-hybridized carbons (Fsp3) is 0.176. The minimum Gasteiger partial charge on any atom is -0.478 e. The number of halogens is 1. The Hall–Kier alpha value is -1.98. The number of benzene rings is 2. The van der Waals surface area contributed by atoms with Crippen molar-refractivity contribution in [2.75, 3.05) is 5.32 Å². The Morgan fingerprint density at radius 3 is 2.57 bits per heavy atom. The van der Waals surface area contributed by atoms with E-state index >= 15 is 0 Å². The lowest BCUT2D eigenvalue weighted by Gasteiger charge is -2.13. The lowest BCUT2D eigenvalue weighted by Crippen LogP contribution is -2.23. The highest BCUT2D eigenvalue weighted by Gasteiger charge is 2.16. The number of carbonyl (C=O) groups is 2. The van der Waals surface area contributed by atoms with E-state index in [1.807, 2.05) is 30.3 Å². The van der Waals surface area contributed by atoms with Crippen LogP contribution in [0.3, 0.4) is 0 Å². The van der Waals surface area contributed by atoms with Crippen molar-refractivity contribution in [3.63, 3.8) is 0 Å². The van der Waals surface area contributed by atoms with Gasteiger partial charge in [0.15, 0.2) is 0 Å². The molecular weight excluding hydrogens is 334 g/mol. The van der Waals surface area contributed by atoms with Crippen LogP contribution in [0.5, 0.6) is 0 Å². The largest absolute Gasteiger partial charge is 0.478 e. The van der Waals surface area contributed by atoms with Gasteiger partial charge in [0.1, 0.15) is 0 Å². The van der Waals surface area contributed by atoms with Crippen molar-refractivity contribution >= 4 is 40.9 Å². The minimum atomic E-state index is -1.07. The van der Waals surface area contributed by atoms with Gasteiger partial charge in [-0.2, -0.15) is 0 Å². The van der Waals surface area contributed by atoms with Gasteiger partial charge in [0.05, 0.1) is 21.5 Å². The molecule has 0 bridgehead atoms. The van der Waals surface area contributed by atoms with Crippen LogP contribution in [0.2, 0.25) is 5.02 Å². The molecule has 0 saturated heterocycles. The van der Waals surface area contributed by atoms with Crippen LogP contribution in [0.25, 0.3) is 0 Å². The van der Waals surface area contributed by atoms with Crippen molar-refractivity contribution in [2.24, 2.45) is 0 Å². The van der Waals surface area contributed by atoms with E-state index in [9.17, 15) is 9.59 Å². The number of anilines is 1. The third kappa shape index (κ3) is 5.01. The quantitative estimate of drug-likeness (QED) is 0.816. The average molecular weight is 350 g/mol. The Morgan fingerprint density at radius 1 is 1.22 bits per heavy atom. The summed E-state index contributed by atoms with van der Waals surface area (Å²) in [6.07, 6.45) is 0. The monoisotopic (exact) mass is 349 g/mol. The normalized spacial score (nSPS) is 11.7. The van der Waals surface area contributed by atoms with E-state index in [1.165, 1.54) is 30.0 Å². The predicted molar refractivity (Wildman–Crippen MR) is 94.2 cm³/mol. The van der Waals surface area contributed by atoms with Crippen LogP contribution in [-0.2, 0) is 10.5 Å². The molecular formula is C17H16ClNO3S. The standard InChI is InChI=1S/C17H16ClNO3S/c1-11(23-10-12-5-3-2-4-6-12)16(20)19-15-9-13(17(21)22)7-8-14(15)18/h2-9,11H,10H2,1H3,(H,19,20)(H,21,22). The number of hydrogen-bond acceptors (Lipinski definition) is 3. The molecule has 0 fully saturated rings. The SMILES string of the molecule is CC(SCc1ccccc1)C(=O)Nc1cc(C(=O)O)ccc1Cl. The number of carboxylic acids is 1. The first-order chi connectivity index (χ1) is 11.0. The van der Waals surface area contributed by atoms with Crippen LogP contribution >= 0.6 is 23.4 Å². The fourth-order valence-electron chi connectivity index (χ4n) is 1.86. The first kappa shape index (κ1) is 17.4. The average Bonchev–Trinajstić information content (AvgIpc) is 2.55. The zero-order chi connectivity index (χ0) is 16.8. The molecule has 0 aliphatic heterocycles. The molecule has 4 nitrogen and oxygen atoms in total. The van der Waals surface area contributed by atoms with Gasteiger partial charge in [-0.1, -0.05) is 41.9 Å². The Balaban J connectivity index is 1.98. The van der Waals surface area contributed by atoms with E-state index in [1.54, 1.807) is 6.92 Å². The lowest BCUT2D eigenvalue weighted by atomic mass is 10.2. The highest BCUT2D eigenvalue weighted by molar-refractivity contribution is 7.99. The predicted octanol–water partition coefficient (Wildman–Crippen LogP) is 4.30. The molecule has 1 atom stereocenters. The van der Waals surface area contributed by atoms with Gasteiger partial charge in [0.2, 0.25) is 5.91 Å². The summed E-state index contributed by atoms with van der Waals surface area (Å²) in [6.45, 7) is 1.80. The molecule has 120 valence electrons. The molecule has 1 amide bonds. The summed E-state index contributed by atoms with van der Waals surface area (Å²) in [4.78, 5) is 23.2. The number of nitrogens with one attached hydrogen (secondary N) is 1. The molecule has 23 heavy (non-hydrogen) atoms. The second-order valence-electron chi connectivity index (χ2n) is 4.93. The van der Waals surface area contributed by atoms with Crippen molar-refractivity contribution in [1.82, 2.24) is 0 Å². The van der Waals surface area contributed by atoms with Crippen molar-refractivity contribution < 1.29 is 14.7 Å². The number of rotatable bonds is 6. The molecule has 2 rings (SSSR count). The van der Waals surface area contributed by atoms with Gasteiger partial charge in [0, 0.05) is 5.75 Å². The summed E-state index contributed by atoms with van der Waals surface area (Å²) >= 11 is 7.51. The third-order valence-electron chi connectivity index (χ3n) is 3.18. The minimum absolute atomic E-state index is 0.0780. The first-order valence-corrected chi connectivity index (χ1v) is 8.39. The molecule has 2 N–H and O–H groups in total. The summed E-state index contributed by atoms with van der Waals surface area (Å²) in [7, 11) is 0. The molecule has 0 heterocycles. The molecule has 2 aromatic carbocycles. The summed E-state index contributed by atoms with van der Waals surface area (Å²) in [5.74, 6) is -0.558. The van der Waals surface area contributed by atoms with Crippen molar-refractivity contribution in [3.8, 4) is 0 Å². The van der Waals surface area contributed by atoms with Crippen LogP contribution in [-0.4, -0.2) is 22.2 Å². The van der Waals surface area contributed by atoms with Gasteiger partial charge in [-0.05, 0) is 30.7 Å². The van der Waals surface area contributed by atoms with Gasteiger partial charge in [-0.15, -0.1) is 11.8 Å². The highest BCUT2D eigenvalue weighted by atomic mass is 35.5. The molecule has 6 heteroatoms. The second kappa shape index (κ2) is 8.04. The van der Waals surface area contributed by atoms with Crippen molar-refractivity contribution in [1.29, 1.82) is 0 Å². The zero-order valence-electron chi connectivity index (χ0n) is 12.5. The zero-order valence-corrected chi connectivity index (χ0v) is 14.0. The molecule has 0 aliphatic rings. The Morgan fingerprint density at radius 2 is 1.91 bits per heavy atom. The molecule has 0 spiro atoms. The summed E-state index contributed by atoms with van der Waals surface area (Å²) in [5, 5.41) is 11.7. The number of carboxylic acid groups (broad SMARTS) is 1. The smallest absolute Gasteiger partial charge is 0.335 e. The van der Waals surface area contributed by atoms with Crippen molar-refractivity contribution in [2.45, 2.75) is 17.9 Å². The third-order valence-corrected chi connectivity index (χ3v) is 4.73. The Kier molecular flexibility index (Phi) is 6.07. The van der Waals surface area contributed by atoms with Gasteiger partial charge in [-0.25, -0.2) is 4.79 Å². The molecule has 0 aromatic heterocycles. The fourth-order valence-corrected chi connectivity index (χ4v) is 2.87. The van der Waals surface area contributed by atoms with Crippen LogP contribution in [0.4, 0.5) is 5.69 Å². The summed E-state index contributed by atoms with van der Waals surface area (Å²) in [5.41, 5.74) is 1.53. The number of hydrogen-bond donors (Lipinski definition) is 2. The van der Waals surface area contributed by atoms with E-state index in [-0.39, 0.29) is 16.7 Å². The first-order valence-electron chi connectivity index (χ1n) is 6.96. The van der Waals surface area contributed by atoms with E-state index in [0.717, 1.165) is 11.3 Å². The maximum Gasteiger partial charge on any atom is 0.335 e. The Bertz CT molecular complexity index is 706. The molecule has 2 aromatic rings. The summed E-state index contributed by atoms with van der Waals surface area (Å²) < 4.78 is 0. The highest BCUT2D eigenvalue weighted by Crippen LogP contribution is 2.25. The van der Waals surface area contributed by atoms with E-state index in [0.29, 0.717) is 10.7 Å². The van der Waals surface area contributed by atoms with Crippen LogP contribution < -0.4 is 5.32 Å². The molecule has 1 unspecified atom stereocenters. The van der Waals surface area contributed by atoms with Gasteiger partial charge < -0.3 is 10.4 Å². The Labute approximate surface area is 143 Å². The van der Waals surface area contributed by atoms with Crippen LogP contribution in [0.15, 0.2) is 48.5 Å². The number of thioether (sulfide) groups is 1. The maximum absolute atomic E-state index is 12.2. The summed E-state index contributed by atoms with van der Waals surface area (Å²) in [6, 6.07) is 14.1. The second-order valence-corrected chi connectivity index (χ2v) is 6.66.